The van der Waals surface area contributed by atoms with Gasteiger partial charge in [0.05, 0.1) is 10.2 Å². The molecule has 0 radical (unpaired) electrons. The molecule has 1 N–H and O–H groups in total. The second kappa shape index (κ2) is 7.53. The van der Waals surface area contributed by atoms with E-state index in [0.717, 1.165) is 38.0 Å². The van der Waals surface area contributed by atoms with Gasteiger partial charge in [-0.15, -0.1) is 0 Å². The maximum Gasteiger partial charge on any atom is 0.227 e. The Morgan fingerprint density at radius 2 is 1.86 bits per heavy atom. The highest BCUT2D eigenvalue weighted by atomic mass is 79.9. The molecule has 0 aliphatic heterocycles. The third kappa shape index (κ3) is 3.75. The van der Waals surface area contributed by atoms with Gasteiger partial charge in [0.25, 0.3) is 0 Å². The highest BCUT2D eigenvalue weighted by molar-refractivity contribution is 9.11. The van der Waals surface area contributed by atoms with Gasteiger partial charge in [-0.25, -0.2) is 4.98 Å². The molecule has 28 heavy (non-hydrogen) atoms. The van der Waals surface area contributed by atoms with Crippen molar-refractivity contribution in [2.24, 2.45) is 4.99 Å². The minimum Gasteiger partial charge on any atom is -0.506 e. The molecule has 0 saturated carbocycles. The summed E-state index contributed by atoms with van der Waals surface area (Å²) in [7, 11) is 0. The van der Waals surface area contributed by atoms with Gasteiger partial charge in [0, 0.05) is 21.8 Å². The standard InChI is InChI=1S/C22H16Br2N2O2/c1-12-3-6-18-20(7-12)28-22(26-18)14-5-4-13(2)19(9-14)25-11-15-8-16(23)10-17(24)21(15)27/h3-11,27H,1-2H3. The first kappa shape index (κ1) is 18.9. The van der Waals surface area contributed by atoms with Gasteiger partial charge in [0.1, 0.15) is 11.3 Å². The molecule has 4 nitrogen and oxygen atoms in total. The van der Waals surface area contributed by atoms with Gasteiger partial charge in [-0.2, -0.15) is 0 Å². The van der Waals surface area contributed by atoms with Crippen molar-refractivity contribution in [2.45, 2.75) is 13.8 Å². The van der Waals surface area contributed by atoms with Gasteiger partial charge in [-0.1, -0.05) is 28.1 Å². The molecule has 1 aromatic heterocycles. The monoisotopic (exact) mass is 498 g/mol. The van der Waals surface area contributed by atoms with Gasteiger partial charge in [0.15, 0.2) is 5.58 Å². The van der Waals surface area contributed by atoms with Crippen molar-refractivity contribution in [1.82, 2.24) is 4.98 Å². The fourth-order valence-corrected chi connectivity index (χ4v) is 4.12. The van der Waals surface area contributed by atoms with Crippen LogP contribution in [-0.2, 0) is 0 Å². The summed E-state index contributed by atoms with van der Waals surface area (Å²) < 4.78 is 7.39. The molecule has 0 atom stereocenters. The molecule has 0 aliphatic rings. The zero-order valence-corrected chi connectivity index (χ0v) is 18.4. The summed E-state index contributed by atoms with van der Waals surface area (Å²) in [5.74, 6) is 0.708. The van der Waals surface area contributed by atoms with Crippen LogP contribution < -0.4 is 0 Å². The minimum absolute atomic E-state index is 0.148. The van der Waals surface area contributed by atoms with Crippen LogP contribution in [0.5, 0.6) is 5.75 Å². The van der Waals surface area contributed by atoms with E-state index >= 15 is 0 Å². The van der Waals surface area contributed by atoms with E-state index in [1.165, 1.54) is 0 Å². The molecule has 0 fully saturated rings. The van der Waals surface area contributed by atoms with Crippen molar-refractivity contribution in [1.29, 1.82) is 0 Å². The lowest BCUT2D eigenvalue weighted by molar-refractivity contribution is 0.471. The van der Waals surface area contributed by atoms with Crippen molar-refractivity contribution in [2.75, 3.05) is 0 Å². The van der Waals surface area contributed by atoms with E-state index in [1.807, 2.05) is 56.3 Å². The molecule has 0 spiro atoms. The number of hydrogen-bond donors (Lipinski definition) is 1. The molecule has 0 aliphatic carbocycles. The van der Waals surface area contributed by atoms with Crippen molar-refractivity contribution < 1.29 is 9.52 Å². The fourth-order valence-electron chi connectivity index (χ4n) is 2.86. The van der Waals surface area contributed by atoms with Gasteiger partial charge < -0.3 is 9.52 Å². The van der Waals surface area contributed by atoms with Crippen LogP contribution in [0.2, 0.25) is 0 Å². The lowest BCUT2D eigenvalue weighted by atomic mass is 10.1. The number of hydrogen-bond acceptors (Lipinski definition) is 4. The first-order valence-corrected chi connectivity index (χ1v) is 10.2. The van der Waals surface area contributed by atoms with Crippen LogP contribution in [0.3, 0.4) is 0 Å². The van der Waals surface area contributed by atoms with E-state index in [-0.39, 0.29) is 5.75 Å². The number of halogens is 2. The topological polar surface area (TPSA) is 58.6 Å². The summed E-state index contributed by atoms with van der Waals surface area (Å²) in [4.78, 5) is 9.16. The van der Waals surface area contributed by atoms with Crippen LogP contribution in [0.1, 0.15) is 16.7 Å². The molecule has 140 valence electrons. The lowest BCUT2D eigenvalue weighted by Gasteiger charge is -2.05. The zero-order chi connectivity index (χ0) is 19.8. The number of phenolic OH excluding ortho intramolecular Hbond substituents is 1. The highest BCUT2D eigenvalue weighted by Crippen LogP contribution is 2.32. The second-order valence-corrected chi connectivity index (χ2v) is 8.35. The third-order valence-electron chi connectivity index (χ3n) is 4.40. The highest BCUT2D eigenvalue weighted by Gasteiger charge is 2.10. The van der Waals surface area contributed by atoms with Crippen LogP contribution in [0.25, 0.3) is 22.6 Å². The number of aryl methyl sites for hydroxylation is 2. The summed E-state index contributed by atoms with van der Waals surface area (Å²) in [6, 6.07) is 15.4. The fraction of sp³-hybridized carbons (Fsp3) is 0.0909. The number of aromatic hydroxyl groups is 1. The summed E-state index contributed by atoms with van der Waals surface area (Å²) in [5.41, 5.74) is 5.99. The van der Waals surface area contributed by atoms with Crippen LogP contribution >= 0.6 is 31.9 Å². The quantitative estimate of drug-likeness (QED) is 0.306. The Balaban J connectivity index is 1.73. The normalized spacial score (nSPS) is 11.6. The molecule has 6 heteroatoms. The number of aliphatic imine (C=N–C) groups is 1. The Kier molecular flexibility index (Phi) is 5.08. The second-order valence-electron chi connectivity index (χ2n) is 6.58. The number of benzene rings is 3. The van der Waals surface area contributed by atoms with E-state index in [2.05, 4.69) is 41.8 Å². The maximum absolute atomic E-state index is 10.2. The van der Waals surface area contributed by atoms with Gasteiger partial charge >= 0.3 is 0 Å². The molecule has 0 unspecified atom stereocenters. The predicted molar refractivity (Wildman–Crippen MR) is 120 cm³/mol. The van der Waals surface area contributed by atoms with Crippen molar-refractivity contribution in [3.8, 4) is 17.2 Å². The molecular weight excluding hydrogens is 484 g/mol. The molecule has 0 bridgehead atoms. The zero-order valence-electron chi connectivity index (χ0n) is 15.2. The lowest BCUT2D eigenvalue weighted by Crippen LogP contribution is -1.86. The molecule has 0 amide bonds. The van der Waals surface area contributed by atoms with E-state index in [9.17, 15) is 5.11 Å². The Labute approximate surface area is 179 Å². The summed E-state index contributed by atoms with van der Waals surface area (Å²) >= 11 is 6.77. The number of nitrogens with zero attached hydrogens (tertiary/aromatic N) is 2. The van der Waals surface area contributed by atoms with E-state index in [4.69, 9.17) is 4.42 Å². The van der Waals surface area contributed by atoms with E-state index < -0.39 is 0 Å². The molecule has 3 aromatic carbocycles. The average Bonchev–Trinajstić information content (AvgIpc) is 3.07. The number of aromatic nitrogens is 1. The van der Waals surface area contributed by atoms with E-state index in [1.54, 1.807) is 12.3 Å². The largest absolute Gasteiger partial charge is 0.506 e. The molecular formula is C22H16Br2N2O2. The Bertz CT molecular complexity index is 1230. The number of fused-ring (bicyclic) bond motifs is 1. The number of rotatable bonds is 3. The summed E-state index contributed by atoms with van der Waals surface area (Å²) in [6.45, 7) is 4.01. The molecule has 4 aromatic rings. The Hall–Kier alpha value is -2.44. The first-order chi connectivity index (χ1) is 13.4. The van der Waals surface area contributed by atoms with Crippen LogP contribution in [-0.4, -0.2) is 16.3 Å². The molecule has 0 saturated heterocycles. The molecule has 1 heterocycles. The Morgan fingerprint density at radius 3 is 2.68 bits per heavy atom. The molecule has 4 rings (SSSR count). The summed E-state index contributed by atoms with van der Waals surface area (Å²) in [5, 5.41) is 10.2. The smallest absolute Gasteiger partial charge is 0.227 e. The van der Waals surface area contributed by atoms with Crippen molar-refractivity contribution >= 4 is 54.9 Å². The third-order valence-corrected chi connectivity index (χ3v) is 5.46. The van der Waals surface area contributed by atoms with Crippen molar-refractivity contribution in [3.05, 3.63) is 74.2 Å². The number of phenols is 1. The number of oxazole rings is 1. The van der Waals surface area contributed by atoms with Crippen LogP contribution in [0, 0.1) is 13.8 Å². The minimum atomic E-state index is 0.148. The predicted octanol–water partition coefficient (Wildman–Crippen LogP) is 7.09. The van der Waals surface area contributed by atoms with Crippen LogP contribution in [0.15, 0.2) is 66.9 Å². The van der Waals surface area contributed by atoms with Gasteiger partial charge in [-0.05, 0) is 77.3 Å². The first-order valence-electron chi connectivity index (χ1n) is 8.61. The summed E-state index contributed by atoms with van der Waals surface area (Å²) in [6.07, 6.45) is 1.65. The average molecular weight is 500 g/mol. The Morgan fingerprint density at radius 1 is 1.04 bits per heavy atom. The maximum atomic E-state index is 10.2. The van der Waals surface area contributed by atoms with Crippen LogP contribution in [0.4, 0.5) is 5.69 Å². The van der Waals surface area contributed by atoms with Crippen molar-refractivity contribution in [3.63, 3.8) is 0 Å². The van der Waals surface area contributed by atoms with Gasteiger partial charge in [0.2, 0.25) is 5.89 Å². The van der Waals surface area contributed by atoms with E-state index in [0.29, 0.717) is 15.9 Å². The SMILES string of the molecule is Cc1ccc2nc(-c3ccc(C)c(N=Cc4cc(Br)cc(Br)c4O)c3)oc2c1. The van der Waals surface area contributed by atoms with Gasteiger partial charge in [-0.3, -0.25) is 4.99 Å².